The van der Waals surface area contributed by atoms with Crippen LogP contribution < -0.4 is 4.74 Å². The van der Waals surface area contributed by atoms with Gasteiger partial charge in [0, 0.05) is 19.3 Å². The van der Waals surface area contributed by atoms with Crippen molar-refractivity contribution >= 4 is 0 Å². The maximum absolute atomic E-state index is 13.5. The van der Waals surface area contributed by atoms with Crippen LogP contribution in [0.3, 0.4) is 0 Å². The van der Waals surface area contributed by atoms with E-state index in [9.17, 15) is 13.2 Å². The van der Waals surface area contributed by atoms with Crippen LogP contribution in [0.5, 0.6) is 5.75 Å². The van der Waals surface area contributed by atoms with Crippen molar-refractivity contribution in [1.29, 1.82) is 0 Å². The van der Waals surface area contributed by atoms with E-state index in [4.69, 9.17) is 14.0 Å². The van der Waals surface area contributed by atoms with E-state index < -0.39 is 11.7 Å². The van der Waals surface area contributed by atoms with Crippen LogP contribution in [0.4, 0.5) is 13.2 Å². The van der Waals surface area contributed by atoms with Gasteiger partial charge in [-0.1, -0.05) is 5.16 Å². The molecule has 28 heavy (non-hydrogen) atoms. The minimum Gasteiger partial charge on any atom is -0.493 e. The molecule has 1 aliphatic heterocycles. The number of unbranched alkanes of at least 4 members (excludes halogenated alkanes) is 1. The largest absolute Gasteiger partial charge is 0.493 e. The monoisotopic (exact) mass is 399 g/mol. The highest BCUT2D eigenvalue weighted by Crippen LogP contribution is 2.39. The number of hydrogen-bond donors (Lipinski definition) is 0. The first-order chi connectivity index (χ1) is 13.4. The first kappa shape index (κ1) is 20.6. The topological polar surface area (TPSA) is 60.6 Å². The molecular weight excluding hydrogens is 375 g/mol. The minimum absolute atomic E-state index is 0.0121. The van der Waals surface area contributed by atoms with E-state index in [1.54, 1.807) is 7.11 Å². The Morgan fingerprint density at radius 2 is 2.04 bits per heavy atom. The predicted octanol–water partition coefficient (Wildman–Crippen LogP) is 4.33. The second-order valence-electron chi connectivity index (χ2n) is 6.85. The summed E-state index contributed by atoms with van der Waals surface area (Å²) in [4.78, 5) is 6.42. The van der Waals surface area contributed by atoms with Crippen molar-refractivity contribution in [2.45, 2.75) is 37.9 Å². The molecule has 0 spiro atoms. The van der Waals surface area contributed by atoms with Gasteiger partial charge >= 0.3 is 6.18 Å². The molecule has 0 radical (unpaired) electrons. The van der Waals surface area contributed by atoms with Gasteiger partial charge < -0.3 is 14.0 Å². The molecular formula is C19H24F3N3O3. The van der Waals surface area contributed by atoms with Crippen LogP contribution in [0, 0.1) is 0 Å². The summed E-state index contributed by atoms with van der Waals surface area (Å²) in [6, 6.07) is 3.86. The molecule has 1 unspecified atom stereocenters. The summed E-state index contributed by atoms with van der Waals surface area (Å²) in [6.45, 7) is 1.66. The molecule has 9 heteroatoms. The molecule has 0 N–H and O–H groups in total. The molecule has 154 valence electrons. The van der Waals surface area contributed by atoms with Gasteiger partial charge in [0.05, 0.1) is 18.2 Å². The number of ether oxygens (including phenoxy) is 2. The van der Waals surface area contributed by atoms with Crippen LogP contribution >= 0.6 is 0 Å². The van der Waals surface area contributed by atoms with Crippen LogP contribution in [0.15, 0.2) is 22.7 Å². The Hall–Kier alpha value is -2.13. The number of alkyl halides is 3. The fourth-order valence-corrected chi connectivity index (χ4v) is 3.26. The Bertz CT molecular complexity index is 779. The molecule has 0 aliphatic carbocycles. The lowest BCUT2D eigenvalue weighted by atomic mass is 10.1. The third-order valence-corrected chi connectivity index (χ3v) is 4.79. The Labute approximate surface area is 161 Å². The molecule has 0 bridgehead atoms. The van der Waals surface area contributed by atoms with Gasteiger partial charge in [0.2, 0.25) is 11.7 Å². The van der Waals surface area contributed by atoms with Crippen molar-refractivity contribution in [3.63, 3.8) is 0 Å². The summed E-state index contributed by atoms with van der Waals surface area (Å²) >= 11 is 0. The van der Waals surface area contributed by atoms with Crippen LogP contribution in [-0.2, 0) is 10.9 Å². The molecule has 1 atom stereocenters. The first-order valence-corrected chi connectivity index (χ1v) is 9.27. The number of aromatic nitrogens is 2. The summed E-state index contributed by atoms with van der Waals surface area (Å²) in [7, 11) is 3.54. The number of benzene rings is 1. The summed E-state index contributed by atoms with van der Waals surface area (Å²) in [5.41, 5.74) is -0.601. The molecule has 1 fully saturated rings. The molecule has 2 heterocycles. The summed E-state index contributed by atoms with van der Waals surface area (Å²) in [5.74, 6) is 0.377. The minimum atomic E-state index is -4.55. The zero-order chi connectivity index (χ0) is 20.1. The number of rotatable bonds is 8. The SMILES string of the molecule is COCCCCOc1ccc(-c2noc(C3CCCN3C)n2)cc1C(F)(F)F. The number of hydrogen-bond acceptors (Lipinski definition) is 6. The maximum Gasteiger partial charge on any atom is 0.419 e. The van der Waals surface area contributed by atoms with Gasteiger partial charge in [-0.05, 0) is 57.5 Å². The van der Waals surface area contributed by atoms with Crippen molar-refractivity contribution in [1.82, 2.24) is 15.0 Å². The number of likely N-dealkylation sites (tertiary alicyclic amines) is 1. The van der Waals surface area contributed by atoms with Crippen molar-refractivity contribution < 1.29 is 27.2 Å². The van der Waals surface area contributed by atoms with E-state index in [0.717, 1.165) is 31.9 Å². The van der Waals surface area contributed by atoms with Gasteiger partial charge in [0.25, 0.3) is 0 Å². The third-order valence-electron chi connectivity index (χ3n) is 4.79. The first-order valence-electron chi connectivity index (χ1n) is 9.27. The Morgan fingerprint density at radius 3 is 2.71 bits per heavy atom. The van der Waals surface area contributed by atoms with Crippen molar-refractivity contribution in [2.24, 2.45) is 0 Å². The predicted molar refractivity (Wildman–Crippen MR) is 95.9 cm³/mol. The van der Waals surface area contributed by atoms with E-state index >= 15 is 0 Å². The lowest BCUT2D eigenvalue weighted by molar-refractivity contribution is -0.138. The normalized spacial score (nSPS) is 18.0. The van der Waals surface area contributed by atoms with Gasteiger partial charge in [-0.25, -0.2) is 0 Å². The average Bonchev–Trinajstić information content (AvgIpc) is 3.29. The number of halogens is 3. The van der Waals surface area contributed by atoms with Gasteiger partial charge in [0.1, 0.15) is 5.75 Å². The Balaban J connectivity index is 1.78. The van der Waals surface area contributed by atoms with Crippen LogP contribution in [0.25, 0.3) is 11.4 Å². The second-order valence-corrected chi connectivity index (χ2v) is 6.85. The molecule has 0 saturated carbocycles. The molecule has 1 aromatic carbocycles. The highest BCUT2D eigenvalue weighted by atomic mass is 19.4. The maximum atomic E-state index is 13.5. The smallest absolute Gasteiger partial charge is 0.419 e. The van der Waals surface area contributed by atoms with Crippen LogP contribution in [-0.4, -0.2) is 49.0 Å². The molecule has 6 nitrogen and oxygen atoms in total. The van der Waals surface area contributed by atoms with E-state index in [0.29, 0.717) is 18.9 Å². The fourth-order valence-electron chi connectivity index (χ4n) is 3.26. The second kappa shape index (κ2) is 8.91. The summed E-state index contributed by atoms with van der Waals surface area (Å²) < 4.78 is 56.1. The highest BCUT2D eigenvalue weighted by Gasteiger charge is 2.35. The zero-order valence-corrected chi connectivity index (χ0v) is 16.0. The third kappa shape index (κ3) is 4.82. The van der Waals surface area contributed by atoms with E-state index in [-0.39, 0.29) is 29.8 Å². The van der Waals surface area contributed by atoms with Crippen molar-refractivity contribution in [3.05, 3.63) is 29.7 Å². The molecule has 0 amide bonds. The summed E-state index contributed by atoms with van der Waals surface area (Å²) in [5, 5.41) is 3.88. The van der Waals surface area contributed by atoms with Gasteiger partial charge in [0.15, 0.2) is 0 Å². The lowest BCUT2D eigenvalue weighted by Gasteiger charge is -2.15. The molecule has 1 saturated heterocycles. The number of nitrogens with zero attached hydrogens (tertiary/aromatic N) is 3. The average molecular weight is 399 g/mol. The standard InChI is InChI=1S/C19H24F3N3O3/c1-25-9-5-6-15(25)18-23-17(24-28-18)13-7-8-16(14(12-13)19(20,21)22)27-11-4-3-10-26-2/h7-8,12,15H,3-6,9-11H2,1-2H3. The van der Waals surface area contributed by atoms with Gasteiger partial charge in [-0.2, -0.15) is 18.2 Å². The van der Waals surface area contributed by atoms with Crippen molar-refractivity contribution in [3.8, 4) is 17.1 Å². The van der Waals surface area contributed by atoms with Crippen molar-refractivity contribution in [2.75, 3.05) is 33.9 Å². The Morgan fingerprint density at radius 1 is 1.25 bits per heavy atom. The molecule has 3 rings (SSSR count). The summed E-state index contributed by atoms with van der Waals surface area (Å²) in [6.07, 6.45) is -1.31. The van der Waals surface area contributed by atoms with Crippen LogP contribution in [0.1, 0.15) is 43.2 Å². The lowest BCUT2D eigenvalue weighted by Crippen LogP contribution is -2.17. The van der Waals surface area contributed by atoms with E-state index in [1.807, 2.05) is 7.05 Å². The molecule has 1 aliphatic rings. The van der Waals surface area contributed by atoms with E-state index in [2.05, 4.69) is 15.0 Å². The molecule has 1 aromatic heterocycles. The zero-order valence-electron chi connectivity index (χ0n) is 16.0. The highest BCUT2D eigenvalue weighted by molar-refractivity contribution is 5.59. The fraction of sp³-hybridized carbons (Fsp3) is 0.579. The molecule has 2 aromatic rings. The van der Waals surface area contributed by atoms with Crippen LogP contribution in [0.2, 0.25) is 0 Å². The quantitative estimate of drug-likeness (QED) is 0.616. The van der Waals surface area contributed by atoms with Gasteiger partial charge in [-0.3, -0.25) is 4.90 Å². The van der Waals surface area contributed by atoms with E-state index in [1.165, 1.54) is 12.1 Å². The number of methoxy groups -OCH3 is 1. The Kier molecular flexibility index (Phi) is 6.56. The van der Waals surface area contributed by atoms with Gasteiger partial charge in [-0.15, -0.1) is 0 Å².